The van der Waals surface area contributed by atoms with Crippen molar-refractivity contribution in [3.8, 4) is 11.5 Å². The maximum absolute atomic E-state index is 10.4. The Morgan fingerprint density at radius 2 is 2.22 bits per heavy atom. The fourth-order valence-electron chi connectivity index (χ4n) is 1.64. The van der Waals surface area contributed by atoms with Crippen LogP contribution in [0.15, 0.2) is 18.2 Å². The Morgan fingerprint density at radius 1 is 1.50 bits per heavy atom. The van der Waals surface area contributed by atoms with Gasteiger partial charge in [-0.05, 0) is 38.0 Å². The summed E-state index contributed by atoms with van der Waals surface area (Å²) >= 11 is 0. The van der Waals surface area contributed by atoms with Gasteiger partial charge in [0.2, 0.25) is 0 Å². The van der Waals surface area contributed by atoms with Crippen molar-refractivity contribution in [1.29, 1.82) is 0 Å². The lowest BCUT2D eigenvalue weighted by Gasteiger charge is -2.13. The number of phenolic OH excluding ortho intramolecular Hbond substituents is 1. The average molecular weight is 253 g/mol. The fourth-order valence-corrected chi connectivity index (χ4v) is 1.64. The Kier molecular flexibility index (Phi) is 5.45. The number of ether oxygens (including phenoxy) is 1. The zero-order valence-electron chi connectivity index (χ0n) is 10.6. The van der Waals surface area contributed by atoms with Crippen LogP contribution in [0, 0.1) is 0 Å². The maximum Gasteiger partial charge on any atom is 0.317 e. The van der Waals surface area contributed by atoms with Crippen molar-refractivity contribution < 1.29 is 19.7 Å². The molecule has 0 aromatic heterocycles. The van der Waals surface area contributed by atoms with Gasteiger partial charge < -0.3 is 20.3 Å². The molecule has 0 amide bonds. The van der Waals surface area contributed by atoms with Crippen LogP contribution in [-0.2, 0) is 11.2 Å². The molecule has 1 atom stereocenters. The molecule has 0 saturated carbocycles. The Hall–Kier alpha value is -1.75. The van der Waals surface area contributed by atoms with Gasteiger partial charge in [0, 0.05) is 6.04 Å². The summed E-state index contributed by atoms with van der Waals surface area (Å²) < 4.78 is 5.29. The van der Waals surface area contributed by atoms with Gasteiger partial charge in [-0.2, -0.15) is 0 Å². The van der Waals surface area contributed by atoms with Gasteiger partial charge in [0.15, 0.2) is 11.5 Å². The van der Waals surface area contributed by atoms with Crippen LogP contribution in [0.2, 0.25) is 0 Å². The zero-order chi connectivity index (χ0) is 13.5. The van der Waals surface area contributed by atoms with Crippen molar-refractivity contribution in [3.63, 3.8) is 0 Å². The molecule has 3 N–H and O–H groups in total. The third-order valence-electron chi connectivity index (χ3n) is 2.47. The molecule has 0 heterocycles. The Bertz CT molecular complexity index is 406. The molecule has 1 unspecified atom stereocenters. The highest BCUT2D eigenvalue weighted by Gasteiger charge is 2.08. The third kappa shape index (κ3) is 4.63. The predicted molar refractivity (Wildman–Crippen MR) is 68.1 cm³/mol. The molecule has 1 rings (SSSR count). The molecule has 0 saturated heterocycles. The second-order valence-electron chi connectivity index (χ2n) is 4.11. The minimum absolute atomic E-state index is 0.0418. The number of aliphatic carboxylic acids is 1. The first kappa shape index (κ1) is 14.3. The van der Waals surface area contributed by atoms with E-state index in [1.165, 1.54) is 0 Å². The SMILES string of the molecule is CCOc1cc(CC(C)NCC(=O)O)ccc1O. The van der Waals surface area contributed by atoms with Gasteiger partial charge in [-0.1, -0.05) is 6.07 Å². The summed E-state index contributed by atoms with van der Waals surface area (Å²) in [6, 6.07) is 5.21. The van der Waals surface area contributed by atoms with Gasteiger partial charge in [0.05, 0.1) is 13.2 Å². The van der Waals surface area contributed by atoms with E-state index in [-0.39, 0.29) is 18.3 Å². The van der Waals surface area contributed by atoms with Crippen LogP contribution in [0.1, 0.15) is 19.4 Å². The molecule has 0 aliphatic carbocycles. The number of carboxylic acids is 1. The number of carboxylic acid groups (broad SMARTS) is 1. The molecule has 0 fully saturated rings. The largest absolute Gasteiger partial charge is 0.504 e. The van der Waals surface area contributed by atoms with Crippen molar-refractivity contribution in [3.05, 3.63) is 23.8 Å². The third-order valence-corrected chi connectivity index (χ3v) is 2.47. The first-order chi connectivity index (χ1) is 8.52. The monoisotopic (exact) mass is 253 g/mol. The van der Waals surface area contributed by atoms with Gasteiger partial charge in [-0.3, -0.25) is 4.79 Å². The molecule has 100 valence electrons. The van der Waals surface area contributed by atoms with Crippen LogP contribution < -0.4 is 10.1 Å². The topological polar surface area (TPSA) is 78.8 Å². The predicted octanol–water partition coefficient (Wildman–Crippen LogP) is 1.40. The number of rotatable bonds is 7. The minimum atomic E-state index is -0.873. The van der Waals surface area contributed by atoms with Crippen molar-refractivity contribution in [1.82, 2.24) is 5.32 Å². The molecular weight excluding hydrogens is 234 g/mol. The number of phenols is 1. The van der Waals surface area contributed by atoms with Gasteiger partial charge >= 0.3 is 5.97 Å². The smallest absolute Gasteiger partial charge is 0.317 e. The summed E-state index contributed by atoms with van der Waals surface area (Å²) in [5, 5.41) is 21.0. The highest BCUT2D eigenvalue weighted by molar-refractivity contribution is 5.69. The van der Waals surface area contributed by atoms with Crippen molar-refractivity contribution >= 4 is 5.97 Å². The lowest BCUT2D eigenvalue weighted by Crippen LogP contribution is -2.32. The summed E-state index contributed by atoms with van der Waals surface area (Å²) in [5.74, 6) is -0.297. The molecular formula is C13H19NO4. The highest BCUT2D eigenvalue weighted by atomic mass is 16.5. The molecule has 1 aromatic carbocycles. The Balaban J connectivity index is 2.61. The van der Waals surface area contributed by atoms with Crippen molar-refractivity contribution in [2.45, 2.75) is 26.3 Å². The van der Waals surface area contributed by atoms with Crippen LogP contribution in [-0.4, -0.2) is 35.4 Å². The number of nitrogens with one attached hydrogen (secondary N) is 1. The van der Waals surface area contributed by atoms with Crippen LogP contribution in [0.5, 0.6) is 11.5 Å². The van der Waals surface area contributed by atoms with Crippen molar-refractivity contribution in [2.75, 3.05) is 13.2 Å². The van der Waals surface area contributed by atoms with Gasteiger partial charge in [-0.25, -0.2) is 0 Å². The van der Waals surface area contributed by atoms with Crippen LogP contribution in [0.3, 0.4) is 0 Å². The molecule has 0 bridgehead atoms. The number of hydrogen-bond donors (Lipinski definition) is 3. The van der Waals surface area contributed by atoms with E-state index >= 15 is 0 Å². The molecule has 0 aliphatic heterocycles. The second kappa shape index (κ2) is 6.86. The van der Waals surface area contributed by atoms with E-state index in [9.17, 15) is 9.90 Å². The molecule has 0 radical (unpaired) electrons. The molecule has 5 heteroatoms. The van der Waals surface area contributed by atoms with E-state index in [1.54, 1.807) is 18.2 Å². The second-order valence-corrected chi connectivity index (χ2v) is 4.11. The number of benzene rings is 1. The normalized spacial score (nSPS) is 12.1. The van der Waals surface area contributed by atoms with Gasteiger partial charge in [-0.15, -0.1) is 0 Å². The molecule has 5 nitrogen and oxygen atoms in total. The minimum Gasteiger partial charge on any atom is -0.504 e. The first-order valence-electron chi connectivity index (χ1n) is 5.92. The summed E-state index contributed by atoms with van der Waals surface area (Å²) in [6.45, 7) is 4.20. The molecule has 0 spiro atoms. The van der Waals surface area contributed by atoms with Crippen molar-refractivity contribution in [2.24, 2.45) is 0 Å². The van der Waals surface area contributed by atoms with Gasteiger partial charge in [0.1, 0.15) is 0 Å². The maximum atomic E-state index is 10.4. The summed E-state index contributed by atoms with van der Waals surface area (Å²) in [6.07, 6.45) is 0.674. The quantitative estimate of drug-likeness (QED) is 0.684. The summed E-state index contributed by atoms with van der Waals surface area (Å²) in [4.78, 5) is 10.4. The zero-order valence-corrected chi connectivity index (χ0v) is 10.6. The van der Waals surface area contributed by atoms with Crippen LogP contribution in [0.25, 0.3) is 0 Å². The van der Waals surface area contributed by atoms with E-state index in [2.05, 4.69) is 5.32 Å². The lowest BCUT2D eigenvalue weighted by atomic mass is 10.1. The Morgan fingerprint density at radius 3 is 2.83 bits per heavy atom. The first-order valence-corrected chi connectivity index (χ1v) is 5.92. The van der Waals surface area contributed by atoms with E-state index in [0.29, 0.717) is 18.8 Å². The number of carbonyl (C=O) groups is 1. The van der Waals surface area contributed by atoms with E-state index in [0.717, 1.165) is 5.56 Å². The number of hydrogen-bond acceptors (Lipinski definition) is 4. The van der Waals surface area contributed by atoms with E-state index in [1.807, 2.05) is 13.8 Å². The highest BCUT2D eigenvalue weighted by Crippen LogP contribution is 2.27. The summed E-state index contributed by atoms with van der Waals surface area (Å²) in [7, 11) is 0. The van der Waals surface area contributed by atoms with Gasteiger partial charge in [0.25, 0.3) is 0 Å². The lowest BCUT2D eigenvalue weighted by molar-refractivity contribution is -0.136. The number of aromatic hydroxyl groups is 1. The Labute approximate surface area is 106 Å². The average Bonchev–Trinajstić information content (AvgIpc) is 2.31. The van der Waals surface area contributed by atoms with Crippen LogP contribution >= 0.6 is 0 Å². The fraction of sp³-hybridized carbons (Fsp3) is 0.462. The van der Waals surface area contributed by atoms with E-state index < -0.39 is 5.97 Å². The molecule has 18 heavy (non-hydrogen) atoms. The standard InChI is InChI=1S/C13H19NO4/c1-3-18-12-7-10(4-5-11(12)15)6-9(2)14-8-13(16)17/h4-5,7,9,14-15H,3,6,8H2,1-2H3,(H,16,17). The van der Waals surface area contributed by atoms with E-state index in [4.69, 9.17) is 9.84 Å². The summed E-state index contributed by atoms with van der Waals surface area (Å²) in [5.41, 5.74) is 0.988. The molecule has 0 aliphatic rings. The van der Waals surface area contributed by atoms with Crippen LogP contribution in [0.4, 0.5) is 0 Å². The molecule has 1 aromatic rings.